The first-order chi connectivity index (χ1) is 9.04. The molecule has 0 spiro atoms. The standard InChI is InChI=1S/C13H17BrN4O/c1-17-7-10(13(14)16-17)12(19)11-6-9(15-18(11)2)5-8-3-4-8/h6-8,12,19H,3-5H2,1-2H3. The van der Waals surface area contributed by atoms with Gasteiger partial charge in [0.2, 0.25) is 0 Å². The van der Waals surface area contributed by atoms with E-state index in [0.717, 1.165) is 29.3 Å². The van der Waals surface area contributed by atoms with Crippen LogP contribution in [0.2, 0.25) is 0 Å². The predicted molar refractivity (Wildman–Crippen MR) is 74.6 cm³/mol. The van der Waals surface area contributed by atoms with Gasteiger partial charge in [-0.2, -0.15) is 10.2 Å². The highest BCUT2D eigenvalue weighted by molar-refractivity contribution is 9.10. The second-order valence-corrected chi connectivity index (χ2v) is 6.03. The van der Waals surface area contributed by atoms with Crippen molar-refractivity contribution < 1.29 is 5.11 Å². The topological polar surface area (TPSA) is 55.9 Å². The highest BCUT2D eigenvalue weighted by Crippen LogP contribution is 2.33. The summed E-state index contributed by atoms with van der Waals surface area (Å²) in [7, 11) is 3.71. The Morgan fingerprint density at radius 1 is 1.42 bits per heavy atom. The molecule has 0 aromatic carbocycles. The molecular weight excluding hydrogens is 308 g/mol. The summed E-state index contributed by atoms with van der Waals surface area (Å²) in [6.07, 6.45) is 4.76. The highest BCUT2D eigenvalue weighted by Gasteiger charge is 2.25. The molecule has 1 saturated carbocycles. The first-order valence-corrected chi connectivity index (χ1v) is 7.24. The minimum Gasteiger partial charge on any atom is -0.382 e. The Bertz CT molecular complexity index is 600. The Labute approximate surface area is 120 Å². The molecule has 5 nitrogen and oxygen atoms in total. The summed E-state index contributed by atoms with van der Waals surface area (Å²) in [5.74, 6) is 0.796. The minimum absolute atomic E-state index is 0.674. The molecule has 0 bridgehead atoms. The van der Waals surface area contributed by atoms with Crippen molar-refractivity contribution >= 4 is 15.9 Å². The lowest BCUT2D eigenvalue weighted by Crippen LogP contribution is -2.06. The van der Waals surface area contributed by atoms with Gasteiger partial charge in [0.1, 0.15) is 10.7 Å². The fourth-order valence-electron chi connectivity index (χ4n) is 2.34. The monoisotopic (exact) mass is 324 g/mol. The number of aliphatic hydroxyl groups is 1. The van der Waals surface area contributed by atoms with Gasteiger partial charge in [-0.1, -0.05) is 0 Å². The molecule has 1 N–H and O–H groups in total. The summed E-state index contributed by atoms with van der Waals surface area (Å²) >= 11 is 3.38. The smallest absolute Gasteiger partial charge is 0.134 e. The van der Waals surface area contributed by atoms with Gasteiger partial charge in [-0.3, -0.25) is 9.36 Å². The molecule has 1 atom stereocenters. The van der Waals surface area contributed by atoms with Crippen LogP contribution in [0.1, 0.15) is 35.9 Å². The third kappa shape index (κ3) is 2.60. The van der Waals surface area contributed by atoms with Crippen LogP contribution < -0.4 is 0 Å². The quantitative estimate of drug-likeness (QED) is 0.935. The van der Waals surface area contributed by atoms with Crippen molar-refractivity contribution in [2.75, 3.05) is 0 Å². The van der Waals surface area contributed by atoms with E-state index in [2.05, 4.69) is 26.1 Å². The summed E-state index contributed by atoms with van der Waals surface area (Å²) < 4.78 is 4.12. The van der Waals surface area contributed by atoms with Crippen LogP contribution in [-0.2, 0) is 20.5 Å². The second kappa shape index (κ2) is 4.76. The molecule has 0 radical (unpaired) electrons. The Morgan fingerprint density at radius 3 is 2.74 bits per heavy atom. The van der Waals surface area contributed by atoms with Gasteiger partial charge < -0.3 is 5.11 Å². The number of aliphatic hydroxyl groups excluding tert-OH is 1. The number of aryl methyl sites for hydroxylation is 2. The molecule has 0 saturated heterocycles. The van der Waals surface area contributed by atoms with Crippen molar-refractivity contribution in [3.05, 3.63) is 33.8 Å². The van der Waals surface area contributed by atoms with E-state index in [-0.39, 0.29) is 0 Å². The third-order valence-corrected chi connectivity index (χ3v) is 4.16. The van der Waals surface area contributed by atoms with E-state index in [0.29, 0.717) is 4.60 Å². The van der Waals surface area contributed by atoms with Crippen molar-refractivity contribution in [1.82, 2.24) is 19.6 Å². The number of rotatable bonds is 4. The van der Waals surface area contributed by atoms with E-state index in [1.54, 1.807) is 9.36 Å². The summed E-state index contributed by atoms with van der Waals surface area (Å²) in [5, 5.41) is 19.2. The molecule has 1 fully saturated rings. The van der Waals surface area contributed by atoms with Crippen molar-refractivity contribution in [3.8, 4) is 0 Å². The number of hydrogen-bond acceptors (Lipinski definition) is 3. The molecule has 1 unspecified atom stereocenters. The molecule has 0 amide bonds. The zero-order valence-corrected chi connectivity index (χ0v) is 12.6. The molecule has 102 valence electrons. The van der Waals surface area contributed by atoms with Crippen molar-refractivity contribution in [2.45, 2.75) is 25.4 Å². The van der Waals surface area contributed by atoms with E-state index in [4.69, 9.17) is 0 Å². The summed E-state index contributed by atoms with van der Waals surface area (Å²) in [6.45, 7) is 0. The third-order valence-electron chi connectivity index (χ3n) is 3.55. The maximum absolute atomic E-state index is 10.5. The number of aromatic nitrogens is 4. The zero-order valence-electron chi connectivity index (χ0n) is 11.0. The Kier molecular flexibility index (Phi) is 3.22. The van der Waals surface area contributed by atoms with Gasteiger partial charge in [-0.25, -0.2) is 0 Å². The molecule has 6 heteroatoms. The van der Waals surface area contributed by atoms with E-state index >= 15 is 0 Å². The van der Waals surface area contributed by atoms with Gasteiger partial charge in [0.05, 0.1) is 11.4 Å². The predicted octanol–water partition coefficient (Wildman–Crippen LogP) is 1.95. The molecule has 19 heavy (non-hydrogen) atoms. The zero-order chi connectivity index (χ0) is 13.6. The largest absolute Gasteiger partial charge is 0.382 e. The van der Waals surface area contributed by atoms with Gasteiger partial charge in [0.25, 0.3) is 0 Å². The number of hydrogen-bond donors (Lipinski definition) is 1. The van der Waals surface area contributed by atoms with Crippen LogP contribution >= 0.6 is 15.9 Å². The SMILES string of the molecule is Cn1cc(C(O)c2cc(CC3CC3)nn2C)c(Br)n1. The van der Waals surface area contributed by atoms with Gasteiger partial charge in [0.15, 0.2) is 0 Å². The van der Waals surface area contributed by atoms with Crippen molar-refractivity contribution in [2.24, 2.45) is 20.0 Å². The summed E-state index contributed by atoms with van der Waals surface area (Å²) in [5.41, 5.74) is 2.65. The van der Waals surface area contributed by atoms with Crippen LogP contribution in [0.5, 0.6) is 0 Å². The average Bonchev–Trinajstić information content (AvgIpc) is 2.98. The first-order valence-electron chi connectivity index (χ1n) is 6.44. The lowest BCUT2D eigenvalue weighted by molar-refractivity contribution is 0.209. The molecule has 2 aromatic rings. The molecular formula is C13H17BrN4O. The summed E-state index contributed by atoms with van der Waals surface area (Å²) in [6, 6.07) is 2.00. The fraction of sp³-hybridized carbons (Fsp3) is 0.538. The van der Waals surface area contributed by atoms with E-state index in [1.165, 1.54) is 12.8 Å². The molecule has 0 aliphatic heterocycles. The van der Waals surface area contributed by atoms with E-state index in [1.807, 2.05) is 26.4 Å². The van der Waals surface area contributed by atoms with E-state index in [9.17, 15) is 5.11 Å². The Hall–Kier alpha value is -1.14. The van der Waals surface area contributed by atoms with Crippen LogP contribution in [0.15, 0.2) is 16.9 Å². The highest BCUT2D eigenvalue weighted by atomic mass is 79.9. The number of halogens is 1. The molecule has 2 aromatic heterocycles. The lowest BCUT2D eigenvalue weighted by atomic mass is 10.1. The van der Waals surface area contributed by atoms with Crippen LogP contribution in [0.4, 0.5) is 0 Å². The normalized spacial score (nSPS) is 16.8. The first kappa shape index (κ1) is 12.9. The van der Waals surface area contributed by atoms with Crippen LogP contribution in [0.3, 0.4) is 0 Å². The van der Waals surface area contributed by atoms with Crippen LogP contribution in [0.25, 0.3) is 0 Å². The maximum atomic E-state index is 10.5. The van der Waals surface area contributed by atoms with Crippen LogP contribution in [0, 0.1) is 5.92 Å². The number of nitrogens with zero attached hydrogens (tertiary/aromatic N) is 4. The van der Waals surface area contributed by atoms with Gasteiger partial charge in [-0.15, -0.1) is 0 Å². The lowest BCUT2D eigenvalue weighted by Gasteiger charge is -2.08. The summed E-state index contributed by atoms with van der Waals surface area (Å²) in [4.78, 5) is 0. The maximum Gasteiger partial charge on any atom is 0.134 e. The minimum atomic E-state index is -0.700. The molecule has 3 rings (SSSR count). The van der Waals surface area contributed by atoms with Crippen molar-refractivity contribution in [3.63, 3.8) is 0 Å². The fourth-order valence-corrected chi connectivity index (χ4v) is 2.91. The van der Waals surface area contributed by atoms with Gasteiger partial charge in [0, 0.05) is 25.9 Å². The Morgan fingerprint density at radius 2 is 2.16 bits per heavy atom. The van der Waals surface area contributed by atoms with E-state index < -0.39 is 6.10 Å². The molecule has 2 heterocycles. The molecule has 1 aliphatic rings. The average molecular weight is 325 g/mol. The van der Waals surface area contributed by atoms with Gasteiger partial charge >= 0.3 is 0 Å². The Balaban J connectivity index is 1.87. The van der Waals surface area contributed by atoms with Gasteiger partial charge in [-0.05, 0) is 47.2 Å². The van der Waals surface area contributed by atoms with Crippen molar-refractivity contribution in [1.29, 1.82) is 0 Å². The molecule has 1 aliphatic carbocycles. The van der Waals surface area contributed by atoms with Crippen LogP contribution in [-0.4, -0.2) is 24.7 Å². The second-order valence-electron chi connectivity index (χ2n) is 5.28.